The van der Waals surface area contributed by atoms with Crippen LogP contribution in [-0.2, 0) is 13.6 Å². The molecule has 0 saturated carbocycles. The second kappa shape index (κ2) is 8.66. The van der Waals surface area contributed by atoms with Gasteiger partial charge in [0.1, 0.15) is 23.3 Å². The van der Waals surface area contributed by atoms with Crippen LogP contribution in [0.5, 0.6) is 5.75 Å². The Labute approximate surface area is 185 Å². The minimum absolute atomic E-state index is 0.119. The molecule has 0 unspecified atom stereocenters. The lowest BCUT2D eigenvalue weighted by atomic mass is 10.0. The smallest absolute Gasteiger partial charge is 0.272 e. The Balaban J connectivity index is 1.71. The van der Waals surface area contributed by atoms with Crippen LogP contribution < -0.4 is 15.6 Å². The van der Waals surface area contributed by atoms with Gasteiger partial charge in [0.25, 0.3) is 11.5 Å². The van der Waals surface area contributed by atoms with Crippen LogP contribution >= 0.6 is 0 Å². The number of benzene rings is 2. The number of carbonyl (C=O) groups excluding carboxylic acids is 1. The highest BCUT2D eigenvalue weighted by molar-refractivity contribution is 5.97. The fourth-order valence-corrected chi connectivity index (χ4v) is 3.79. The third-order valence-electron chi connectivity index (χ3n) is 5.53. The van der Waals surface area contributed by atoms with Crippen molar-refractivity contribution in [3.63, 3.8) is 0 Å². The first-order valence-electron chi connectivity index (χ1n) is 10.4. The van der Waals surface area contributed by atoms with Gasteiger partial charge in [-0.05, 0) is 49.7 Å². The maximum atomic E-state index is 13.2. The zero-order valence-electron chi connectivity index (χ0n) is 18.5. The number of rotatable bonds is 6. The maximum absolute atomic E-state index is 13.2. The number of aromatic nitrogens is 4. The Morgan fingerprint density at radius 1 is 1.19 bits per heavy atom. The van der Waals surface area contributed by atoms with Crippen LogP contribution in [0.15, 0.2) is 59.7 Å². The van der Waals surface area contributed by atoms with Gasteiger partial charge in [0.05, 0.1) is 18.1 Å². The molecule has 8 nitrogen and oxygen atoms in total. The Kier molecular flexibility index (Phi) is 5.77. The molecule has 2 aromatic heterocycles. The van der Waals surface area contributed by atoms with Crippen LogP contribution in [0.25, 0.3) is 11.0 Å². The fraction of sp³-hybridized carbons (Fsp3) is 0.250. The third kappa shape index (κ3) is 3.87. The Bertz CT molecular complexity index is 1340. The molecule has 1 atom stereocenters. The molecule has 0 saturated heterocycles. The quantitative estimate of drug-likeness (QED) is 0.507. The number of methoxy groups -OCH3 is 1. The predicted octanol–water partition coefficient (Wildman–Crippen LogP) is 2.99. The lowest BCUT2D eigenvalue weighted by Gasteiger charge is -2.20. The summed E-state index contributed by atoms with van der Waals surface area (Å²) in [5.74, 6) is 1.18. The van der Waals surface area contributed by atoms with Gasteiger partial charge >= 0.3 is 0 Å². The molecule has 2 heterocycles. The standard InChI is InChI=1S/C24H25N5O3/c1-5-29-20-11-8-17(14-19(20)26-15(2)24(29)31)23(30)27-21(22-25-12-13-28(22)3)16-6-9-18(32-4)10-7-16/h6-14,21H,5H2,1-4H3,(H,27,30)/t21-/m0/s1. The molecular weight excluding hydrogens is 406 g/mol. The van der Waals surface area contributed by atoms with Crippen molar-refractivity contribution in [3.8, 4) is 5.75 Å². The summed E-state index contributed by atoms with van der Waals surface area (Å²) in [6.45, 7) is 4.12. The van der Waals surface area contributed by atoms with Gasteiger partial charge in [-0.15, -0.1) is 0 Å². The van der Waals surface area contributed by atoms with Crippen molar-refractivity contribution in [2.24, 2.45) is 7.05 Å². The van der Waals surface area contributed by atoms with Gasteiger partial charge in [-0.1, -0.05) is 12.1 Å². The van der Waals surface area contributed by atoms with E-state index in [0.29, 0.717) is 34.7 Å². The van der Waals surface area contributed by atoms with Crippen LogP contribution in [0.1, 0.15) is 40.4 Å². The molecule has 1 amide bonds. The average Bonchev–Trinajstić information content (AvgIpc) is 3.23. The molecule has 8 heteroatoms. The zero-order valence-corrected chi connectivity index (χ0v) is 18.5. The molecule has 0 aliphatic carbocycles. The van der Waals surface area contributed by atoms with E-state index >= 15 is 0 Å². The number of carbonyl (C=O) groups is 1. The molecule has 0 aliphatic rings. The number of hydrogen-bond donors (Lipinski definition) is 1. The SMILES string of the molecule is CCn1c(=O)c(C)nc2cc(C(=O)N[C@@H](c3ccc(OC)cc3)c3nccn3C)ccc21. The molecule has 0 radical (unpaired) electrons. The summed E-state index contributed by atoms with van der Waals surface area (Å²) < 4.78 is 8.79. The van der Waals surface area contributed by atoms with Crippen molar-refractivity contribution < 1.29 is 9.53 Å². The molecule has 2 aromatic carbocycles. The summed E-state index contributed by atoms with van der Waals surface area (Å²) in [5.41, 5.74) is 2.93. The van der Waals surface area contributed by atoms with Crippen LogP contribution in [-0.4, -0.2) is 32.1 Å². The first kappa shape index (κ1) is 21.3. The lowest BCUT2D eigenvalue weighted by Crippen LogP contribution is -2.31. The Morgan fingerprint density at radius 3 is 2.56 bits per heavy atom. The molecular formula is C24H25N5O3. The summed E-state index contributed by atoms with van der Waals surface area (Å²) in [6.07, 6.45) is 3.54. The number of ether oxygens (including phenoxy) is 1. The van der Waals surface area contributed by atoms with Crippen molar-refractivity contribution in [1.29, 1.82) is 0 Å². The number of imidazole rings is 1. The van der Waals surface area contributed by atoms with E-state index in [2.05, 4.69) is 15.3 Å². The van der Waals surface area contributed by atoms with Gasteiger partial charge in [0.15, 0.2) is 0 Å². The van der Waals surface area contributed by atoms with Gasteiger partial charge in [-0.2, -0.15) is 0 Å². The molecule has 0 bridgehead atoms. The average molecular weight is 431 g/mol. The summed E-state index contributed by atoms with van der Waals surface area (Å²) in [4.78, 5) is 34.4. The Hall–Kier alpha value is -3.94. The largest absolute Gasteiger partial charge is 0.497 e. The van der Waals surface area contributed by atoms with Crippen LogP contribution in [0.4, 0.5) is 0 Å². The first-order chi connectivity index (χ1) is 15.4. The number of hydrogen-bond acceptors (Lipinski definition) is 5. The minimum Gasteiger partial charge on any atom is -0.497 e. The highest BCUT2D eigenvalue weighted by Gasteiger charge is 2.22. The zero-order chi connectivity index (χ0) is 22.8. The molecule has 164 valence electrons. The second-order valence-electron chi connectivity index (χ2n) is 7.53. The van der Waals surface area contributed by atoms with Crippen LogP contribution in [0.3, 0.4) is 0 Å². The summed E-state index contributed by atoms with van der Waals surface area (Å²) in [7, 11) is 3.50. The summed E-state index contributed by atoms with van der Waals surface area (Å²) >= 11 is 0. The van der Waals surface area contributed by atoms with E-state index in [1.165, 1.54) is 0 Å². The summed E-state index contributed by atoms with van der Waals surface area (Å²) in [5, 5.41) is 3.09. The van der Waals surface area contributed by atoms with Crippen LogP contribution in [0, 0.1) is 6.92 Å². The first-order valence-corrected chi connectivity index (χ1v) is 10.4. The predicted molar refractivity (Wildman–Crippen MR) is 122 cm³/mol. The van der Waals surface area contributed by atoms with Gasteiger partial charge in [0.2, 0.25) is 0 Å². The lowest BCUT2D eigenvalue weighted by molar-refractivity contribution is 0.0941. The van der Waals surface area contributed by atoms with Gasteiger partial charge in [-0.3, -0.25) is 9.59 Å². The van der Waals surface area contributed by atoms with Crippen molar-refractivity contribution >= 4 is 16.9 Å². The third-order valence-corrected chi connectivity index (χ3v) is 5.53. The topological polar surface area (TPSA) is 91.0 Å². The molecule has 0 fully saturated rings. The second-order valence-corrected chi connectivity index (χ2v) is 7.53. The maximum Gasteiger partial charge on any atom is 0.272 e. The fourth-order valence-electron chi connectivity index (χ4n) is 3.79. The van der Waals surface area contributed by atoms with Gasteiger partial charge in [-0.25, -0.2) is 9.97 Å². The van der Waals surface area contributed by atoms with E-state index in [1.54, 1.807) is 43.0 Å². The molecule has 4 aromatic rings. The van der Waals surface area contributed by atoms with E-state index in [-0.39, 0.29) is 11.5 Å². The molecule has 0 spiro atoms. The molecule has 4 rings (SSSR count). The number of fused-ring (bicyclic) bond motifs is 1. The van der Waals surface area contributed by atoms with E-state index in [1.807, 2.05) is 49.0 Å². The van der Waals surface area contributed by atoms with Crippen molar-refractivity contribution in [2.45, 2.75) is 26.4 Å². The van der Waals surface area contributed by atoms with Crippen molar-refractivity contribution in [3.05, 3.63) is 87.9 Å². The van der Waals surface area contributed by atoms with E-state index in [0.717, 1.165) is 11.3 Å². The summed E-state index contributed by atoms with van der Waals surface area (Å²) in [6, 6.07) is 12.3. The number of amides is 1. The number of nitrogens with one attached hydrogen (secondary N) is 1. The highest BCUT2D eigenvalue weighted by Crippen LogP contribution is 2.24. The van der Waals surface area contributed by atoms with Crippen molar-refractivity contribution in [1.82, 2.24) is 24.4 Å². The van der Waals surface area contributed by atoms with Gasteiger partial charge < -0.3 is 19.2 Å². The minimum atomic E-state index is -0.455. The number of aryl methyl sites for hydroxylation is 3. The van der Waals surface area contributed by atoms with E-state index in [4.69, 9.17) is 4.74 Å². The van der Waals surface area contributed by atoms with E-state index < -0.39 is 6.04 Å². The highest BCUT2D eigenvalue weighted by atomic mass is 16.5. The molecule has 32 heavy (non-hydrogen) atoms. The van der Waals surface area contributed by atoms with E-state index in [9.17, 15) is 9.59 Å². The van der Waals surface area contributed by atoms with Crippen LogP contribution in [0.2, 0.25) is 0 Å². The number of nitrogens with zero attached hydrogens (tertiary/aromatic N) is 4. The molecule has 0 aliphatic heterocycles. The van der Waals surface area contributed by atoms with Gasteiger partial charge in [0, 0.05) is 31.5 Å². The Morgan fingerprint density at radius 2 is 1.94 bits per heavy atom. The monoisotopic (exact) mass is 431 g/mol. The van der Waals surface area contributed by atoms with Crippen molar-refractivity contribution in [2.75, 3.05) is 7.11 Å². The molecule has 1 N–H and O–H groups in total. The normalized spacial score (nSPS) is 12.0.